The minimum absolute atomic E-state index is 0.0874. The van der Waals surface area contributed by atoms with Gasteiger partial charge in [0.15, 0.2) is 10.2 Å². The average molecular weight is 306 g/mol. The van der Waals surface area contributed by atoms with Crippen molar-refractivity contribution in [2.45, 2.75) is 5.03 Å². The fraction of sp³-hybridized carbons (Fsp3) is 0.300. The predicted molar refractivity (Wildman–Crippen MR) is 68.4 cm³/mol. The van der Waals surface area contributed by atoms with E-state index in [0.29, 0.717) is 5.65 Å². The molecular weight excluding hydrogens is 294 g/mol. The van der Waals surface area contributed by atoms with E-state index in [1.165, 1.54) is 11.5 Å². The molecule has 2 heterocycles. The number of sulfonamides is 1. The molecule has 2 aromatic rings. The largest absolute Gasteiger partial charge is 0.382 e. The number of methoxy groups -OCH3 is 1. The monoisotopic (exact) mass is 305 g/mol. The number of pyridine rings is 1. The van der Waals surface area contributed by atoms with Crippen LogP contribution in [-0.4, -0.2) is 38.1 Å². The van der Waals surface area contributed by atoms with Crippen LogP contribution in [0.15, 0.2) is 29.4 Å². The second kappa shape index (κ2) is 5.85. The van der Waals surface area contributed by atoms with Crippen molar-refractivity contribution in [3.05, 3.63) is 29.5 Å². The molecule has 0 bridgehead atoms. The first-order valence-corrected chi connectivity index (χ1v) is 7.17. The molecule has 2 rings (SSSR count). The number of hydrogen-bond acceptors (Lipinski definition) is 5. The van der Waals surface area contributed by atoms with E-state index in [1.54, 1.807) is 24.4 Å². The molecule has 0 aliphatic heterocycles. The lowest BCUT2D eigenvalue weighted by Gasteiger charge is -2.06. The Kier molecular flexibility index (Phi) is 4.38. The predicted octanol–water partition coefficient (Wildman–Crippen LogP) is 0.844. The summed E-state index contributed by atoms with van der Waals surface area (Å²) in [6.07, 6.45) is 1.55. The van der Waals surface area contributed by atoms with Gasteiger partial charge in [-0.25, -0.2) is 13.4 Å². The first-order valence-electron chi connectivity index (χ1n) is 5.31. The minimum Gasteiger partial charge on any atom is -0.382 e. The fourth-order valence-corrected chi connectivity index (χ4v) is 2.95. The van der Waals surface area contributed by atoms with Crippen LogP contribution in [0.1, 0.15) is 0 Å². The van der Waals surface area contributed by atoms with Gasteiger partial charge in [-0.15, -0.1) is 0 Å². The summed E-state index contributed by atoms with van der Waals surface area (Å²) < 4.78 is 30.2. The molecule has 0 aliphatic rings. The summed E-state index contributed by atoms with van der Waals surface area (Å²) in [5, 5.41) is -0.281. The molecule has 0 radical (unpaired) electrons. The first kappa shape index (κ1) is 14.2. The van der Waals surface area contributed by atoms with Crippen molar-refractivity contribution in [2.75, 3.05) is 20.3 Å². The van der Waals surface area contributed by atoms with Crippen molar-refractivity contribution < 1.29 is 18.0 Å². The van der Waals surface area contributed by atoms with Gasteiger partial charge in [0, 0.05) is 13.3 Å². The lowest BCUT2D eigenvalue weighted by atomic mass is 10.5. The van der Waals surface area contributed by atoms with E-state index in [-0.39, 0.29) is 23.4 Å². The van der Waals surface area contributed by atoms with E-state index in [4.69, 9.17) is 21.2 Å². The number of hydrogen-bond donors (Lipinski definition) is 1. The molecule has 104 valence electrons. The summed E-state index contributed by atoms with van der Waals surface area (Å²) >= 11 is 5.86. The van der Waals surface area contributed by atoms with Crippen LogP contribution in [0.4, 0.5) is 0 Å². The van der Waals surface area contributed by atoms with E-state index >= 15 is 0 Å². The van der Waals surface area contributed by atoms with Gasteiger partial charge in [-0.2, -0.15) is 0 Å². The third-order valence-corrected chi connectivity index (χ3v) is 3.87. The van der Waals surface area contributed by atoms with Gasteiger partial charge in [0.1, 0.15) is 5.65 Å². The van der Waals surface area contributed by atoms with E-state index < -0.39 is 10.0 Å². The second-order valence-electron chi connectivity index (χ2n) is 3.56. The molecule has 0 atom stereocenters. The Hall–Kier alpha value is -1.19. The smallest absolute Gasteiger partial charge is 0.281 e. The summed E-state index contributed by atoms with van der Waals surface area (Å²) in [7, 11) is -2.43. The minimum atomic E-state index is -3.91. The third-order valence-electron chi connectivity index (χ3n) is 2.26. The lowest BCUT2D eigenvalue weighted by molar-refractivity contribution is 0.0437. The van der Waals surface area contributed by atoms with E-state index in [1.807, 2.05) is 4.89 Å². The maximum atomic E-state index is 12.1. The molecule has 7 nitrogen and oxygen atoms in total. The number of fused-ring (bicyclic) bond motifs is 1. The van der Waals surface area contributed by atoms with Gasteiger partial charge in [-0.05, 0) is 12.1 Å². The van der Waals surface area contributed by atoms with Crippen molar-refractivity contribution in [1.82, 2.24) is 14.3 Å². The molecule has 2 aromatic heterocycles. The van der Waals surface area contributed by atoms with Gasteiger partial charge < -0.3 is 4.74 Å². The first-order chi connectivity index (χ1) is 9.06. The lowest BCUT2D eigenvalue weighted by Crippen LogP contribution is -2.27. The average Bonchev–Trinajstić information content (AvgIpc) is 2.71. The number of imidazole rings is 1. The Morgan fingerprint density at radius 1 is 1.42 bits per heavy atom. The van der Waals surface area contributed by atoms with Gasteiger partial charge in [0.05, 0.1) is 13.2 Å². The topological polar surface area (TPSA) is 81.9 Å². The summed E-state index contributed by atoms with van der Waals surface area (Å²) in [5.41, 5.74) is 0.435. The highest BCUT2D eigenvalue weighted by molar-refractivity contribution is 7.89. The Morgan fingerprint density at radius 3 is 2.95 bits per heavy atom. The van der Waals surface area contributed by atoms with Gasteiger partial charge in [0.2, 0.25) is 0 Å². The van der Waals surface area contributed by atoms with Gasteiger partial charge >= 0.3 is 0 Å². The Labute approximate surface area is 115 Å². The molecule has 0 aliphatic carbocycles. The normalized spacial score (nSPS) is 12.1. The van der Waals surface area contributed by atoms with Crippen molar-refractivity contribution >= 4 is 27.3 Å². The number of ether oxygens (including phenoxy) is 1. The van der Waals surface area contributed by atoms with Crippen molar-refractivity contribution in [2.24, 2.45) is 0 Å². The van der Waals surface area contributed by atoms with Crippen LogP contribution in [-0.2, 0) is 19.6 Å². The summed E-state index contributed by atoms with van der Waals surface area (Å²) in [6.45, 7) is 0.355. The highest BCUT2D eigenvalue weighted by Crippen LogP contribution is 2.22. The van der Waals surface area contributed by atoms with Crippen molar-refractivity contribution in [3.63, 3.8) is 0 Å². The van der Waals surface area contributed by atoms with Crippen LogP contribution in [0.5, 0.6) is 0 Å². The zero-order chi connectivity index (χ0) is 13.9. The van der Waals surface area contributed by atoms with Crippen LogP contribution in [0.3, 0.4) is 0 Å². The van der Waals surface area contributed by atoms with Gasteiger partial charge in [-0.3, -0.25) is 9.24 Å². The Bertz CT molecular complexity index is 670. The molecule has 0 saturated carbocycles. The molecule has 0 amide bonds. The summed E-state index contributed by atoms with van der Waals surface area (Å²) in [6, 6.07) is 5.06. The van der Waals surface area contributed by atoms with Crippen LogP contribution >= 0.6 is 11.6 Å². The number of nitrogens with zero attached hydrogens (tertiary/aromatic N) is 2. The zero-order valence-corrected chi connectivity index (χ0v) is 11.6. The number of nitrogens with one attached hydrogen (secondary N) is 1. The molecule has 19 heavy (non-hydrogen) atoms. The number of aromatic nitrogens is 2. The highest BCUT2D eigenvalue weighted by atomic mass is 35.5. The molecule has 9 heteroatoms. The van der Waals surface area contributed by atoms with E-state index in [9.17, 15) is 8.42 Å². The summed E-state index contributed by atoms with van der Waals surface area (Å²) in [4.78, 5) is 10.7. The second-order valence-corrected chi connectivity index (χ2v) is 5.48. The Morgan fingerprint density at radius 2 is 2.21 bits per heavy atom. The van der Waals surface area contributed by atoms with Crippen LogP contribution < -0.4 is 4.89 Å². The molecule has 0 aromatic carbocycles. The molecule has 1 N–H and O–H groups in total. The molecule has 0 fully saturated rings. The molecule has 0 unspecified atom stereocenters. The van der Waals surface area contributed by atoms with Crippen LogP contribution in [0, 0.1) is 0 Å². The van der Waals surface area contributed by atoms with Crippen LogP contribution in [0.25, 0.3) is 5.65 Å². The number of halogens is 1. The van der Waals surface area contributed by atoms with Crippen LogP contribution in [0.2, 0.25) is 5.15 Å². The zero-order valence-electron chi connectivity index (χ0n) is 10.0. The third kappa shape index (κ3) is 3.04. The maximum Gasteiger partial charge on any atom is 0.281 e. The van der Waals surface area contributed by atoms with Crippen molar-refractivity contribution in [1.29, 1.82) is 0 Å². The summed E-state index contributed by atoms with van der Waals surface area (Å²) in [5.74, 6) is 0. The molecule has 0 spiro atoms. The maximum absolute atomic E-state index is 12.1. The van der Waals surface area contributed by atoms with E-state index in [0.717, 1.165) is 0 Å². The SMILES string of the molecule is COCCONS(=O)(=O)c1c(Cl)nc2ccccn12. The molecular formula is C10H12ClN3O4S. The highest BCUT2D eigenvalue weighted by Gasteiger charge is 2.24. The number of rotatable bonds is 6. The Balaban J connectivity index is 2.30. The van der Waals surface area contributed by atoms with Gasteiger partial charge in [0.25, 0.3) is 10.0 Å². The molecule has 0 saturated heterocycles. The van der Waals surface area contributed by atoms with E-state index in [2.05, 4.69) is 4.98 Å². The quantitative estimate of drug-likeness (QED) is 0.632. The standard InChI is InChI=1S/C10H12ClN3O4S/c1-17-6-7-18-13-19(15,16)10-9(11)12-8-4-2-3-5-14(8)10/h2-5,13H,6-7H2,1H3. The van der Waals surface area contributed by atoms with Gasteiger partial charge in [-0.1, -0.05) is 22.6 Å². The van der Waals surface area contributed by atoms with Crippen molar-refractivity contribution in [3.8, 4) is 0 Å². The fourth-order valence-electron chi connectivity index (χ4n) is 1.47.